The van der Waals surface area contributed by atoms with Crippen molar-refractivity contribution >= 4 is 0 Å². The summed E-state index contributed by atoms with van der Waals surface area (Å²) in [7, 11) is 0. The van der Waals surface area contributed by atoms with Crippen LogP contribution in [0.25, 0.3) is 0 Å². The molecule has 32 heavy (non-hydrogen) atoms. The number of aliphatic hydroxyl groups is 6. The van der Waals surface area contributed by atoms with Crippen molar-refractivity contribution in [2.45, 2.75) is 98.5 Å². The van der Waals surface area contributed by atoms with Crippen molar-refractivity contribution in [3.05, 3.63) is 0 Å². The van der Waals surface area contributed by atoms with Gasteiger partial charge < -0.3 is 72.5 Å². The molecular formula is C18H36N4O10. The first-order chi connectivity index (χ1) is 15.1. The Morgan fingerprint density at radius 2 is 1.25 bits per heavy atom. The minimum absolute atomic E-state index is 0.0424. The van der Waals surface area contributed by atoms with Crippen LogP contribution in [0.3, 0.4) is 0 Å². The second-order valence-corrected chi connectivity index (χ2v) is 8.70. The van der Waals surface area contributed by atoms with Gasteiger partial charge in [0.25, 0.3) is 0 Å². The molecule has 0 unspecified atom stereocenters. The van der Waals surface area contributed by atoms with E-state index < -0.39 is 92.2 Å². The van der Waals surface area contributed by atoms with E-state index in [2.05, 4.69) is 0 Å². The highest BCUT2D eigenvalue weighted by molar-refractivity contribution is 5.00. The Kier molecular flexibility index (Phi) is 8.79. The fourth-order valence-electron chi connectivity index (χ4n) is 4.38. The molecule has 0 aromatic carbocycles. The van der Waals surface area contributed by atoms with Crippen LogP contribution >= 0.6 is 0 Å². The van der Waals surface area contributed by atoms with E-state index in [4.69, 9.17) is 41.9 Å². The summed E-state index contributed by atoms with van der Waals surface area (Å²) in [6.45, 7) is -0.591. The Balaban J connectivity index is 1.70. The summed E-state index contributed by atoms with van der Waals surface area (Å²) >= 11 is 0. The maximum atomic E-state index is 10.9. The molecule has 14 N–H and O–H groups in total. The molecule has 188 valence electrons. The molecule has 0 aromatic rings. The van der Waals surface area contributed by atoms with Crippen molar-refractivity contribution in [1.29, 1.82) is 0 Å². The molecule has 3 aliphatic rings. The van der Waals surface area contributed by atoms with E-state index in [-0.39, 0.29) is 19.4 Å². The highest BCUT2D eigenvalue weighted by Gasteiger charge is 2.50. The SMILES string of the molecule is NC[C@H]1O[C@H](O[C@H]2[C@H](O)[C@@H](O[C@H]3O[C@H](CO)[C@@H](O)[C@H](O)[C@H]3O)[C@H](N)C[C@@H]2N)[C@H](N)C[C@@H]1O. The molecule has 2 heterocycles. The van der Waals surface area contributed by atoms with Crippen molar-refractivity contribution in [3.63, 3.8) is 0 Å². The largest absolute Gasteiger partial charge is 0.394 e. The fraction of sp³-hybridized carbons (Fsp3) is 1.00. The van der Waals surface area contributed by atoms with Crippen molar-refractivity contribution in [2.24, 2.45) is 22.9 Å². The van der Waals surface area contributed by atoms with Crippen molar-refractivity contribution < 1.29 is 49.6 Å². The molecule has 3 fully saturated rings. The van der Waals surface area contributed by atoms with Crippen LogP contribution in [0, 0.1) is 0 Å². The van der Waals surface area contributed by atoms with Gasteiger partial charge in [0.05, 0.1) is 24.9 Å². The van der Waals surface area contributed by atoms with Gasteiger partial charge in [-0.05, 0) is 12.8 Å². The van der Waals surface area contributed by atoms with Gasteiger partial charge in [0, 0.05) is 18.6 Å². The highest BCUT2D eigenvalue weighted by atomic mass is 16.7. The molecule has 3 rings (SSSR count). The van der Waals surface area contributed by atoms with Gasteiger partial charge in [0.15, 0.2) is 12.6 Å². The van der Waals surface area contributed by atoms with Crippen LogP contribution in [-0.2, 0) is 18.9 Å². The summed E-state index contributed by atoms with van der Waals surface area (Å²) in [6, 6.07) is -2.20. The molecule has 0 spiro atoms. The van der Waals surface area contributed by atoms with Gasteiger partial charge >= 0.3 is 0 Å². The molecule has 1 aliphatic carbocycles. The summed E-state index contributed by atoms with van der Waals surface area (Å²) in [5.74, 6) is 0. The topological polar surface area (TPSA) is 262 Å². The van der Waals surface area contributed by atoms with E-state index in [0.29, 0.717) is 0 Å². The smallest absolute Gasteiger partial charge is 0.187 e. The molecule has 1 saturated carbocycles. The fourth-order valence-corrected chi connectivity index (χ4v) is 4.38. The average Bonchev–Trinajstić information content (AvgIpc) is 2.75. The summed E-state index contributed by atoms with van der Waals surface area (Å²) < 4.78 is 22.5. The molecule has 0 radical (unpaired) electrons. The standard InChI is InChI=1S/C18H36N4O10/c19-3-9-8(24)2-7(22)17(29-9)31-15-5(20)1-6(21)16(14(15)28)32-18-13(27)12(26)11(25)10(4-23)30-18/h5-18,23-28H,1-4,19-22H2/t5-,6+,7+,8-,9+,10+,11+,12-,13+,14-,15+,16-,17+,18+/m0/s1. The summed E-state index contributed by atoms with van der Waals surface area (Å²) in [5, 5.41) is 60.4. The Bertz CT molecular complexity index is 606. The van der Waals surface area contributed by atoms with Crippen LogP contribution in [0.1, 0.15) is 12.8 Å². The minimum atomic E-state index is -1.66. The number of ether oxygens (including phenoxy) is 4. The lowest BCUT2D eigenvalue weighted by Crippen LogP contribution is -2.67. The lowest BCUT2D eigenvalue weighted by molar-refractivity contribution is -0.329. The van der Waals surface area contributed by atoms with Crippen molar-refractivity contribution in [1.82, 2.24) is 0 Å². The number of rotatable bonds is 6. The Morgan fingerprint density at radius 3 is 1.81 bits per heavy atom. The third-order valence-electron chi connectivity index (χ3n) is 6.33. The molecule has 14 heteroatoms. The molecule has 14 atom stereocenters. The van der Waals surface area contributed by atoms with Crippen molar-refractivity contribution in [2.75, 3.05) is 13.2 Å². The zero-order valence-corrected chi connectivity index (χ0v) is 17.5. The van der Waals surface area contributed by atoms with E-state index in [1.807, 2.05) is 0 Å². The average molecular weight is 469 g/mol. The molecule has 2 saturated heterocycles. The maximum Gasteiger partial charge on any atom is 0.187 e. The van der Waals surface area contributed by atoms with E-state index in [0.717, 1.165) is 0 Å². The van der Waals surface area contributed by atoms with Gasteiger partial charge in [-0.1, -0.05) is 0 Å². The summed E-state index contributed by atoms with van der Waals surface area (Å²) in [5.41, 5.74) is 23.9. The number of nitrogens with two attached hydrogens (primary N) is 4. The second kappa shape index (κ2) is 10.8. The van der Waals surface area contributed by atoms with Crippen LogP contribution in [0.5, 0.6) is 0 Å². The quantitative estimate of drug-likeness (QED) is 0.174. The predicted octanol–water partition coefficient (Wildman–Crippen LogP) is -6.26. The third kappa shape index (κ3) is 5.24. The molecule has 0 bridgehead atoms. The second-order valence-electron chi connectivity index (χ2n) is 8.70. The molecule has 0 amide bonds. The van der Waals surface area contributed by atoms with E-state index in [1.165, 1.54) is 0 Å². The lowest BCUT2D eigenvalue weighted by Gasteiger charge is -2.47. The van der Waals surface area contributed by atoms with Gasteiger partial charge in [-0.2, -0.15) is 0 Å². The Morgan fingerprint density at radius 1 is 0.688 bits per heavy atom. The predicted molar refractivity (Wildman–Crippen MR) is 106 cm³/mol. The number of hydrogen-bond donors (Lipinski definition) is 10. The third-order valence-corrected chi connectivity index (χ3v) is 6.33. The lowest BCUT2D eigenvalue weighted by atomic mass is 9.84. The Hall–Kier alpha value is -0.560. The molecule has 0 aromatic heterocycles. The number of aliphatic hydroxyl groups excluding tert-OH is 6. The maximum absolute atomic E-state index is 10.9. The molecular weight excluding hydrogens is 432 g/mol. The zero-order valence-electron chi connectivity index (χ0n) is 17.5. The van der Waals surface area contributed by atoms with Crippen molar-refractivity contribution in [3.8, 4) is 0 Å². The zero-order chi connectivity index (χ0) is 23.7. The van der Waals surface area contributed by atoms with E-state index in [9.17, 15) is 30.6 Å². The first-order valence-electron chi connectivity index (χ1n) is 10.7. The van der Waals surface area contributed by atoms with Gasteiger partial charge in [-0.15, -0.1) is 0 Å². The minimum Gasteiger partial charge on any atom is -0.394 e. The van der Waals surface area contributed by atoms with Gasteiger partial charge in [-0.3, -0.25) is 0 Å². The highest BCUT2D eigenvalue weighted by Crippen LogP contribution is 2.31. The monoisotopic (exact) mass is 468 g/mol. The molecule has 14 nitrogen and oxygen atoms in total. The van der Waals surface area contributed by atoms with Crippen LogP contribution in [0.4, 0.5) is 0 Å². The van der Waals surface area contributed by atoms with Crippen LogP contribution < -0.4 is 22.9 Å². The van der Waals surface area contributed by atoms with Crippen LogP contribution in [-0.4, -0.2) is 129 Å². The van der Waals surface area contributed by atoms with Crippen LogP contribution in [0.2, 0.25) is 0 Å². The van der Waals surface area contributed by atoms with Crippen LogP contribution in [0.15, 0.2) is 0 Å². The van der Waals surface area contributed by atoms with Gasteiger partial charge in [-0.25, -0.2) is 0 Å². The first kappa shape index (κ1) is 26.1. The van der Waals surface area contributed by atoms with E-state index >= 15 is 0 Å². The normalized spacial score (nSPS) is 52.7. The first-order valence-corrected chi connectivity index (χ1v) is 10.7. The summed E-state index contributed by atoms with van der Waals surface area (Å²) in [6.07, 6.45) is -13.3. The summed E-state index contributed by atoms with van der Waals surface area (Å²) in [4.78, 5) is 0. The Labute approximate surface area is 185 Å². The van der Waals surface area contributed by atoms with Gasteiger partial charge in [0.2, 0.25) is 0 Å². The molecule has 2 aliphatic heterocycles. The number of hydrogen-bond acceptors (Lipinski definition) is 14. The van der Waals surface area contributed by atoms with E-state index in [1.54, 1.807) is 0 Å². The van der Waals surface area contributed by atoms with Gasteiger partial charge in [0.1, 0.15) is 42.7 Å².